The van der Waals surface area contributed by atoms with E-state index in [-0.39, 0.29) is 32.7 Å². The van der Waals surface area contributed by atoms with E-state index in [1.165, 1.54) is 0 Å². The van der Waals surface area contributed by atoms with Crippen LogP contribution in [0.3, 0.4) is 0 Å². The molecule has 19 heavy (non-hydrogen) atoms. The van der Waals surface area contributed by atoms with Gasteiger partial charge in [-0.25, -0.2) is 0 Å². The van der Waals surface area contributed by atoms with Gasteiger partial charge in [-0.15, -0.1) is 0 Å². The average Bonchev–Trinajstić information content (AvgIpc) is 2.16. The van der Waals surface area contributed by atoms with Crippen molar-refractivity contribution in [2.45, 2.75) is 18.5 Å². The van der Waals surface area contributed by atoms with E-state index in [1.807, 2.05) is 0 Å². The topological polar surface area (TPSA) is 60.7 Å². The normalized spacial score (nSPS) is 11.4. The van der Waals surface area contributed by atoms with Crippen molar-refractivity contribution in [2.24, 2.45) is 0 Å². The number of halogens is 9. The molecule has 0 unspecified atom stereocenters. The van der Waals surface area contributed by atoms with Crippen LogP contribution in [0.2, 0.25) is 0 Å². The van der Waals surface area contributed by atoms with Gasteiger partial charge in [-0.05, 0) is 0 Å². The largest absolute Gasteiger partial charge is 0.411 e. The van der Waals surface area contributed by atoms with Gasteiger partial charge in [0.05, 0.1) is 0 Å². The summed E-state index contributed by atoms with van der Waals surface area (Å²) in [5.41, 5.74) is 0. The molecule has 0 saturated carbocycles. The van der Waals surface area contributed by atoms with E-state index < -0.39 is 38.3 Å². The zero-order valence-electron chi connectivity index (χ0n) is 8.94. The molecule has 0 aliphatic carbocycles. The quantitative estimate of drug-likeness (QED) is 0.552. The molecule has 1 radical (unpaired) electrons. The number of hydrogen-bond acceptors (Lipinski definition) is 3. The fourth-order valence-electron chi connectivity index (χ4n) is 0. The SMILES string of the molecule is OCC(F)(F)F.OCC(F)(F)F.OCC(F)(F)F.[Y]. The van der Waals surface area contributed by atoms with Gasteiger partial charge in [0, 0.05) is 32.7 Å². The smallest absolute Gasteiger partial charge is 0.387 e. The molecule has 13 heteroatoms. The Hall–Kier alpha value is 0.354. The van der Waals surface area contributed by atoms with Crippen molar-refractivity contribution in [3.8, 4) is 0 Å². The first kappa shape index (κ1) is 27.7. The fourth-order valence-corrected chi connectivity index (χ4v) is 0. The van der Waals surface area contributed by atoms with E-state index in [0.29, 0.717) is 0 Å². The Labute approximate surface area is 126 Å². The molecule has 0 amide bonds. The van der Waals surface area contributed by atoms with E-state index in [9.17, 15) is 39.5 Å². The molecule has 0 rings (SSSR count). The van der Waals surface area contributed by atoms with Crippen molar-refractivity contribution in [3.63, 3.8) is 0 Å². The molecule has 0 aliphatic rings. The first-order chi connectivity index (χ1) is 7.68. The van der Waals surface area contributed by atoms with Crippen LogP contribution in [0.25, 0.3) is 0 Å². The van der Waals surface area contributed by atoms with Crippen LogP contribution in [-0.2, 0) is 32.7 Å². The Kier molecular flexibility index (Phi) is 17.6. The van der Waals surface area contributed by atoms with Crippen LogP contribution >= 0.6 is 0 Å². The molecule has 0 aromatic rings. The average molecular weight is 389 g/mol. The minimum absolute atomic E-state index is 0. The van der Waals surface area contributed by atoms with Crippen molar-refractivity contribution in [2.75, 3.05) is 19.8 Å². The van der Waals surface area contributed by atoms with Gasteiger partial charge in [0.25, 0.3) is 0 Å². The standard InChI is InChI=1S/3C2H3F3O.Y/c3*3-2(4,5)1-6;/h3*6H,1H2;. The summed E-state index contributed by atoms with van der Waals surface area (Å²) >= 11 is 0. The summed E-state index contributed by atoms with van der Waals surface area (Å²) < 4.78 is 94.8. The van der Waals surface area contributed by atoms with Gasteiger partial charge >= 0.3 is 18.5 Å². The maximum Gasteiger partial charge on any atom is 0.411 e. The Morgan fingerprint density at radius 3 is 0.526 bits per heavy atom. The van der Waals surface area contributed by atoms with Crippen LogP contribution < -0.4 is 0 Å². The Morgan fingerprint density at radius 2 is 0.526 bits per heavy atom. The number of rotatable bonds is 0. The summed E-state index contributed by atoms with van der Waals surface area (Å²) in [6.07, 6.45) is -13.2. The molecule has 0 spiro atoms. The Balaban J connectivity index is -0.0000000865. The van der Waals surface area contributed by atoms with Gasteiger partial charge in [-0.1, -0.05) is 0 Å². The number of alkyl halides is 9. The van der Waals surface area contributed by atoms with Gasteiger partial charge < -0.3 is 15.3 Å². The third-order valence-electron chi connectivity index (χ3n) is 0.538. The molecule has 0 bridgehead atoms. The summed E-state index contributed by atoms with van der Waals surface area (Å²) in [5.74, 6) is 0. The summed E-state index contributed by atoms with van der Waals surface area (Å²) in [6.45, 7) is -5.19. The zero-order chi connectivity index (χ0) is 15.6. The second kappa shape index (κ2) is 12.1. The molecular weight excluding hydrogens is 380 g/mol. The van der Waals surface area contributed by atoms with Gasteiger partial charge in [0.1, 0.15) is 19.8 Å². The van der Waals surface area contributed by atoms with Crippen molar-refractivity contribution in [1.29, 1.82) is 0 Å². The second-order valence-electron chi connectivity index (χ2n) is 2.32. The molecule has 0 aromatic heterocycles. The summed E-state index contributed by atoms with van der Waals surface area (Å²) in [5, 5.41) is 21.8. The van der Waals surface area contributed by atoms with Crippen molar-refractivity contribution >= 4 is 0 Å². The maximum atomic E-state index is 10.5. The summed E-state index contributed by atoms with van der Waals surface area (Å²) in [6, 6.07) is 0. The minimum atomic E-state index is -4.40. The van der Waals surface area contributed by atoms with Crippen LogP contribution in [0.1, 0.15) is 0 Å². The molecule has 117 valence electrons. The molecule has 3 nitrogen and oxygen atoms in total. The zero-order valence-corrected chi connectivity index (χ0v) is 11.8. The molecule has 0 atom stereocenters. The third kappa shape index (κ3) is 56.1. The molecule has 0 saturated heterocycles. The van der Waals surface area contributed by atoms with E-state index in [1.54, 1.807) is 0 Å². The van der Waals surface area contributed by atoms with E-state index in [4.69, 9.17) is 15.3 Å². The van der Waals surface area contributed by atoms with E-state index in [2.05, 4.69) is 0 Å². The van der Waals surface area contributed by atoms with Gasteiger partial charge in [0.15, 0.2) is 0 Å². The summed E-state index contributed by atoms with van der Waals surface area (Å²) in [4.78, 5) is 0. The predicted molar refractivity (Wildman–Crippen MR) is 39.4 cm³/mol. The van der Waals surface area contributed by atoms with Gasteiger partial charge in [-0.3, -0.25) is 0 Å². The number of aliphatic hydroxyl groups is 3. The first-order valence-electron chi connectivity index (χ1n) is 3.71. The number of aliphatic hydroxyl groups excluding tert-OH is 3. The van der Waals surface area contributed by atoms with Crippen LogP contribution in [0.15, 0.2) is 0 Å². The number of hydrogen-bond donors (Lipinski definition) is 3. The third-order valence-corrected chi connectivity index (χ3v) is 0.538. The van der Waals surface area contributed by atoms with Crippen molar-refractivity contribution in [1.82, 2.24) is 0 Å². The molecule has 0 heterocycles. The fraction of sp³-hybridized carbons (Fsp3) is 1.00. The summed E-state index contributed by atoms with van der Waals surface area (Å²) in [7, 11) is 0. The van der Waals surface area contributed by atoms with Crippen molar-refractivity contribution < 1.29 is 87.5 Å². The molecule has 0 aromatic carbocycles. The maximum absolute atomic E-state index is 10.5. The monoisotopic (exact) mass is 389 g/mol. The molecular formula is C6H9F9O3Y. The van der Waals surface area contributed by atoms with Crippen LogP contribution in [-0.4, -0.2) is 53.7 Å². The minimum Gasteiger partial charge on any atom is -0.387 e. The van der Waals surface area contributed by atoms with E-state index >= 15 is 0 Å². The van der Waals surface area contributed by atoms with E-state index in [0.717, 1.165) is 0 Å². The van der Waals surface area contributed by atoms with Gasteiger partial charge in [0.2, 0.25) is 0 Å². The van der Waals surface area contributed by atoms with Crippen LogP contribution in [0.5, 0.6) is 0 Å². The Bertz CT molecular complexity index is 155. The second-order valence-corrected chi connectivity index (χ2v) is 2.32. The van der Waals surface area contributed by atoms with Crippen molar-refractivity contribution in [3.05, 3.63) is 0 Å². The molecule has 0 aliphatic heterocycles. The molecule has 3 N–H and O–H groups in total. The molecule has 0 fully saturated rings. The van der Waals surface area contributed by atoms with Crippen LogP contribution in [0, 0.1) is 0 Å². The Morgan fingerprint density at radius 1 is 0.474 bits per heavy atom. The van der Waals surface area contributed by atoms with Gasteiger partial charge in [-0.2, -0.15) is 39.5 Å². The van der Waals surface area contributed by atoms with Crippen LogP contribution in [0.4, 0.5) is 39.5 Å². The first-order valence-corrected chi connectivity index (χ1v) is 3.71. The predicted octanol–water partition coefficient (Wildman–Crippen LogP) is 1.62.